The zero-order valence-electron chi connectivity index (χ0n) is 7.03. The van der Waals surface area contributed by atoms with Gasteiger partial charge >= 0.3 is 0 Å². The van der Waals surface area contributed by atoms with E-state index in [0.29, 0.717) is 17.1 Å². The van der Waals surface area contributed by atoms with E-state index in [0.717, 1.165) is 4.90 Å². The number of carbonyl (C=O) groups excluding carboxylic acids is 2. The van der Waals surface area contributed by atoms with E-state index >= 15 is 0 Å². The van der Waals surface area contributed by atoms with E-state index in [1.165, 1.54) is 6.92 Å². The van der Waals surface area contributed by atoms with Crippen LogP contribution in [-0.4, -0.2) is 12.3 Å². The van der Waals surface area contributed by atoms with Crippen LogP contribution in [0.25, 0.3) is 0 Å². The van der Waals surface area contributed by atoms with E-state index in [9.17, 15) is 9.59 Å². The van der Waals surface area contributed by atoms with Crippen molar-refractivity contribution in [1.82, 2.24) is 0 Å². The van der Waals surface area contributed by atoms with Crippen LogP contribution < -0.4 is 4.90 Å². The van der Waals surface area contributed by atoms with Gasteiger partial charge in [0.15, 0.2) is 0 Å². The van der Waals surface area contributed by atoms with E-state index in [4.69, 9.17) is 11.6 Å². The Morgan fingerprint density at radius 3 is 2.31 bits per heavy atom. The number of carbonyl (C=O) groups is 2. The van der Waals surface area contributed by atoms with Crippen LogP contribution in [0.3, 0.4) is 0 Å². The highest BCUT2D eigenvalue weighted by molar-refractivity contribution is 6.30. The molecule has 3 nitrogen and oxygen atoms in total. The number of hydrogen-bond donors (Lipinski definition) is 0. The molecule has 13 heavy (non-hydrogen) atoms. The lowest BCUT2D eigenvalue weighted by atomic mass is 10.3. The molecule has 0 aliphatic rings. The summed E-state index contributed by atoms with van der Waals surface area (Å²) in [6.07, 6.45) is 0.478. The van der Waals surface area contributed by atoms with Gasteiger partial charge in [0.05, 0.1) is 5.69 Å². The van der Waals surface area contributed by atoms with Gasteiger partial charge in [-0.2, -0.15) is 0 Å². The van der Waals surface area contributed by atoms with Crippen molar-refractivity contribution in [2.45, 2.75) is 6.92 Å². The van der Waals surface area contributed by atoms with Crippen LogP contribution >= 0.6 is 11.6 Å². The molecule has 4 heteroatoms. The third-order valence-corrected chi connectivity index (χ3v) is 1.80. The quantitative estimate of drug-likeness (QED) is 0.679. The first-order valence-corrected chi connectivity index (χ1v) is 4.03. The van der Waals surface area contributed by atoms with Crippen LogP contribution in [0.5, 0.6) is 0 Å². The SMILES string of the molecule is CC(=O)N(C=O)c1ccc(Cl)cc1. The van der Waals surface area contributed by atoms with Crippen LogP contribution in [0.15, 0.2) is 24.3 Å². The van der Waals surface area contributed by atoms with Gasteiger partial charge in [-0.25, -0.2) is 0 Å². The first-order chi connectivity index (χ1) is 6.15. The minimum absolute atomic E-state index is 0.322. The molecule has 1 rings (SSSR count). The van der Waals surface area contributed by atoms with Crippen molar-refractivity contribution in [3.05, 3.63) is 29.3 Å². The molecule has 0 saturated heterocycles. The summed E-state index contributed by atoms with van der Waals surface area (Å²) in [6.45, 7) is 1.32. The molecule has 0 N–H and O–H groups in total. The number of imide groups is 1. The van der Waals surface area contributed by atoms with Gasteiger partial charge in [-0.15, -0.1) is 0 Å². The lowest BCUT2D eigenvalue weighted by Gasteiger charge is -2.12. The first kappa shape index (κ1) is 9.74. The molecule has 0 bridgehead atoms. The van der Waals surface area contributed by atoms with Crippen LogP contribution in [0.4, 0.5) is 5.69 Å². The molecule has 0 atom stereocenters. The van der Waals surface area contributed by atoms with Gasteiger partial charge in [0.25, 0.3) is 0 Å². The zero-order chi connectivity index (χ0) is 9.84. The Morgan fingerprint density at radius 1 is 1.38 bits per heavy atom. The Hall–Kier alpha value is -1.35. The molecular weight excluding hydrogens is 190 g/mol. The minimum Gasteiger partial charge on any atom is -0.278 e. The molecular formula is C9H8ClNO2. The minimum atomic E-state index is -0.322. The van der Waals surface area contributed by atoms with E-state index in [1.807, 2.05) is 0 Å². The van der Waals surface area contributed by atoms with Crippen molar-refractivity contribution >= 4 is 29.6 Å². The smallest absolute Gasteiger partial charge is 0.230 e. The highest BCUT2D eigenvalue weighted by Crippen LogP contribution is 2.16. The van der Waals surface area contributed by atoms with Gasteiger partial charge in [0.2, 0.25) is 12.3 Å². The van der Waals surface area contributed by atoms with Crippen LogP contribution in [0.1, 0.15) is 6.92 Å². The number of hydrogen-bond acceptors (Lipinski definition) is 2. The van der Waals surface area contributed by atoms with Crippen LogP contribution in [-0.2, 0) is 9.59 Å². The zero-order valence-corrected chi connectivity index (χ0v) is 7.78. The molecule has 0 heterocycles. The van der Waals surface area contributed by atoms with Crippen molar-refractivity contribution in [2.75, 3.05) is 4.90 Å². The van der Waals surface area contributed by atoms with Gasteiger partial charge in [-0.1, -0.05) is 11.6 Å². The number of nitrogens with zero attached hydrogens (tertiary/aromatic N) is 1. The van der Waals surface area contributed by atoms with E-state index < -0.39 is 0 Å². The Bertz CT molecular complexity index is 321. The van der Waals surface area contributed by atoms with Crippen LogP contribution in [0, 0.1) is 0 Å². The molecule has 0 fully saturated rings. The lowest BCUT2D eigenvalue weighted by Crippen LogP contribution is -2.26. The molecule has 1 aromatic rings. The predicted molar refractivity (Wildman–Crippen MR) is 50.7 cm³/mol. The predicted octanol–water partition coefficient (Wildman–Crippen LogP) is 1.85. The maximum atomic E-state index is 10.9. The normalized spacial score (nSPS) is 9.38. The van der Waals surface area contributed by atoms with Gasteiger partial charge in [-0.3, -0.25) is 14.5 Å². The molecule has 0 aromatic heterocycles. The summed E-state index contributed by atoms with van der Waals surface area (Å²) in [5, 5.41) is 0.568. The Balaban J connectivity index is 2.99. The molecule has 0 radical (unpaired) electrons. The molecule has 0 aliphatic heterocycles. The molecule has 0 aliphatic carbocycles. The Morgan fingerprint density at radius 2 is 1.92 bits per heavy atom. The maximum absolute atomic E-state index is 10.9. The molecule has 1 aromatic carbocycles. The number of halogens is 1. The Labute approximate surface area is 80.9 Å². The van der Waals surface area contributed by atoms with Crippen molar-refractivity contribution in [3.8, 4) is 0 Å². The van der Waals surface area contributed by atoms with Gasteiger partial charge < -0.3 is 0 Å². The lowest BCUT2D eigenvalue weighted by molar-refractivity contribution is -0.120. The molecule has 2 amide bonds. The van der Waals surface area contributed by atoms with Gasteiger partial charge in [0.1, 0.15) is 0 Å². The van der Waals surface area contributed by atoms with E-state index in [-0.39, 0.29) is 5.91 Å². The monoisotopic (exact) mass is 197 g/mol. The average Bonchev–Trinajstić information content (AvgIpc) is 2.09. The van der Waals surface area contributed by atoms with Crippen molar-refractivity contribution in [2.24, 2.45) is 0 Å². The molecule has 0 unspecified atom stereocenters. The second-order valence-electron chi connectivity index (χ2n) is 2.47. The summed E-state index contributed by atoms with van der Waals surface area (Å²) in [4.78, 5) is 22.4. The molecule has 68 valence electrons. The van der Waals surface area contributed by atoms with Gasteiger partial charge in [-0.05, 0) is 24.3 Å². The number of amides is 2. The number of benzene rings is 1. The summed E-state index contributed by atoms with van der Waals surface area (Å²) >= 11 is 5.65. The average molecular weight is 198 g/mol. The summed E-state index contributed by atoms with van der Waals surface area (Å²) in [5.41, 5.74) is 0.520. The third kappa shape index (κ3) is 2.29. The van der Waals surface area contributed by atoms with Crippen molar-refractivity contribution in [3.63, 3.8) is 0 Å². The standard InChI is InChI=1S/C9H8ClNO2/c1-7(13)11(6-12)9-4-2-8(10)3-5-9/h2-6H,1H3. The van der Waals surface area contributed by atoms with E-state index in [2.05, 4.69) is 0 Å². The summed E-state index contributed by atoms with van der Waals surface area (Å²) in [7, 11) is 0. The fourth-order valence-corrected chi connectivity index (χ4v) is 1.04. The highest BCUT2D eigenvalue weighted by atomic mass is 35.5. The summed E-state index contributed by atoms with van der Waals surface area (Å²) in [6, 6.07) is 6.46. The summed E-state index contributed by atoms with van der Waals surface area (Å²) in [5.74, 6) is -0.322. The van der Waals surface area contributed by atoms with E-state index in [1.54, 1.807) is 24.3 Å². The largest absolute Gasteiger partial charge is 0.278 e. The van der Waals surface area contributed by atoms with Crippen LogP contribution in [0.2, 0.25) is 5.02 Å². The third-order valence-electron chi connectivity index (χ3n) is 1.55. The molecule has 0 spiro atoms. The number of anilines is 1. The second-order valence-corrected chi connectivity index (χ2v) is 2.91. The maximum Gasteiger partial charge on any atom is 0.230 e. The summed E-state index contributed by atoms with van der Waals surface area (Å²) < 4.78 is 0. The molecule has 0 saturated carbocycles. The van der Waals surface area contributed by atoms with Gasteiger partial charge in [0, 0.05) is 11.9 Å². The number of rotatable bonds is 2. The second kappa shape index (κ2) is 4.05. The van der Waals surface area contributed by atoms with Crippen molar-refractivity contribution in [1.29, 1.82) is 0 Å². The van der Waals surface area contributed by atoms with Crippen molar-refractivity contribution < 1.29 is 9.59 Å². The first-order valence-electron chi connectivity index (χ1n) is 3.66. The highest BCUT2D eigenvalue weighted by Gasteiger charge is 2.08. The fraction of sp³-hybridized carbons (Fsp3) is 0.111. The fourth-order valence-electron chi connectivity index (χ4n) is 0.919. The Kier molecular flexibility index (Phi) is 3.03. The topological polar surface area (TPSA) is 37.4 Å².